The Morgan fingerprint density at radius 3 is 2.31 bits per heavy atom. The van der Waals surface area contributed by atoms with Gasteiger partial charge in [0.1, 0.15) is 5.69 Å². The van der Waals surface area contributed by atoms with Crippen molar-refractivity contribution in [3.05, 3.63) is 54.1 Å². The van der Waals surface area contributed by atoms with Crippen molar-refractivity contribution < 1.29 is 22.6 Å². The quantitative estimate of drug-likeness (QED) is 0.631. The minimum atomic E-state index is -3.69. The Morgan fingerprint density at radius 1 is 1.00 bits per heavy atom. The van der Waals surface area contributed by atoms with Crippen LogP contribution in [0.4, 0.5) is 25.8 Å². The molecule has 6 nitrogen and oxygen atoms in total. The molecule has 3 rings (SSSR count). The summed E-state index contributed by atoms with van der Waals surface area (Å²) in [5, 5.41) is 2.95. The lowest BCUT2D eigenvalue weighted by molar-refractivity contribution is 0.145. The Kier molecular flexibility index (Phi) is 5.64. The molecule has 0 saturated heterocycles. The number of hydrogen-bond acceptors (Lipinski definition) is 6. The van der Waals surface area contributed by atoms with Gasteiger partial charge in [0.15, 0.2) is 11.6 Å². The van der Waals surface area contributed by atoms with Gasteiger partial charge in [-0.2, -0.15) is 0 Å². The number of nitrogens with zero attached hydrogens (tertiary/aromatic N) is 2. The second-order valence-electron chi connectivity index (χ2n) is 5.66. The van der Waals surface area contributed by atoms with Gasteiger partial charge in [-0.25, -0.2) is 17.4 Å². The Hall–Kier alpha value is -1.91. The normalized spacial score (nSPS) is 16.7. The second kappa shape index (κ2) is 7.77. The van der Waals surface area contributed by atoms with E-state index in [1.165, 1.54) is 10.4 Å². The zero-order chi connectivity index (χ0) is 18.7. The molecule has 0 atom stereocenters. The van der Waals surface area contributed by atoms with Crippen LogP contribution >= 0.6 is 11.0 Å². The van der Waals surface area contributed by atoms with E-state index < -0.39 is 28.3 Å². The van der Waals surface area contributed by atoms with Crippen molar-refractivity contribution in [2.24, 2.45) is 0 Å². The summed E-state index contributed by atoms with van der Waals surface area (Å²) in [6.07, 6.45) is 0. The van der Waals surface area contributed by atoms with E-state index in [-0.39, 0.29) is 13.2 Å². The molecule has 0 spiro atoms. The molecule has 0 unspecified atom stereocenters. The van der Waals surface area contributed by atoms with Crippen LogP contribution in [0.5, 0.6) is 0 Å². The molecule has 26 heavy (non-hydrogen) atoms. The van der Waals surface area contributed by atoms with Gasteiger partial charge in [-0.3, -0.25) is 9.11 Å². The zero-order valence-corrected chi connectivity index (χ0v) is 15.0. The van der Waals surface area contributed by atoms with Gasteiger partial charge < -0.3 is 10.1 Å². The molecule has 9 heteroatoms. The van der Waals surface area contributed by atoms with Gasteiger partial charge >= 0.3 is 0 Å². The number of anilines is 3. The first-order chi connectivity index (χ1) is 12.5. The molecule has 2 aromatic carbocycles. The van der Waals surface area contributed by atoms with E-state index in [1.54, 1.807) is 31.3 Å². The first-order valence-corrected chi connectivity index (χ1v) is 9.56. The molecule has 0 fully saturated rings. The van der Waals surface area contributed by atoms with Crippen molar-refractivity contribution >= 4 is 28.0 Å². The molecule has 142 valence electrons. The van der Waals surface area contributed by atoms with Gasteiger partial charge in [0.25, 0.3) is 0 Å². The third kappa shape index (κ3) is 3.36. The van der Waals surface area contributed by atoms with Crippen LogP contribution in [0.2, 0.25) is 0 Å². The van der Waals surface area contributed by atoms with E-state index in [0.29, 0.717) is 24.5 Å². The first kappa shape index (κ1) is 18.9. The highest BCUT2D eigenvalue weighted by molar-refractivity contribution is 8.27. The number of para-hydroxylation sites is 3. The van der Waals surface area contributed by atoms with E-state index >= 15 is 0 Å². The van der Waals surface area contributed by atoms with Crippen molar-refractivity contribution in [2.75, 3.05) is 42.0 Å². The van der Waals surface area contributed by atoms with Crippen LogP contribution in [0.25, 0.3) is 0 Å². The third-order valence-corrected chi connectivity index (χ3v) is 5.83. The highest BCUT2D eigenvalue weighted by atomic mass is 32.3. The molecule has 0 aliphatic carbocycles. The van der Waals surface area contributed by atoms with Crippen LogP contribution in [-0.4, -0.2) is 42.5 Å². The second-order valence-corrected chi connectivity index (χ2v) is 7.45. The average Bonchev–Trinajstić information content (AvgIpc) is 2.82. The minimum Gasteiger partial charge on any atom is -0.378 e. The summed E-state index contributed by atoms with van der Waals surface area (Å²) in [4.78, 5) is 0. The molecule has 1 aliphatic heterocycles. The number of halogens is 2. The summed E-state index contributed by atoms with van der Waals surface area (Å²) in [5.41, 5.74) is 0.317. The fraction of sp³-hybridized carbons (Fsp3) is 0.294. The number of ether oxygens (including phenoxy) is 1. The summed E-state index contributed by atoms with van der Waals surface area (Å²) in [6, 6.07) is 10.1. The Bertz CT molecular complexity index is 758. The number of rotatable bonds is 7. The van der Waals surface area contributed by atoms with Crippen molar-refractivity contribution in [3.8, 4) is 0 Å². The van der Waals surface area contributed by atoms with E-state index in [0.717, 1.165) is 16.4 Å². The summed E-state index contributed by atoms with van der Waals surface area (Å²) < 4.78 is 58.0. The Morgan fingerprint density at radius 2 is 1.65 bits per heavy atom. The first-order valence-electron chi connectivity index (χ1n) is 8.10. The van der Waals surface area contributed by atoms with Crippen LogP contribution in [-0.2, 0) is 4.74 Å². The molecule has 0 aromatic heterocycles. The molecule has 3 N–H and O–H groups in total. The molecule has 0 radical (unpaired) electrons. The predicted molar refractivity (Wildman–Crippen MR) is 99.9 cm³/mol. The fourth-order valence-corrected chi connectivity index (χ4v) is 4.57. The number of nitrogens with one attached hydrogen (secondary N) is 1. The third-order valence-electron chi connectivity index (χ3n) is 3.99. The molecular formula is C17H21F2N3O3S. The number of likely N-dealkylation sites (N-methyl/N-ethyl adjacent to an activating group) is 1. The van der Waals surface area contributed by atoms with Crippen molar-refractivity contribution in [1.29, 1.82) is 0 Å². The smallest absolute Gasteiger partial charge is 0.151 e. The summed E-state index contributed by atoms with van der Waals surface area (Å²) >= 11 is 0. The van der Waals surface area contributed by atoms with Gasteiger partial charge in [-0.1, -0.05) is 18.2 Å². The topological polar surface area (TPSA) is 68.2 Å². The van der Waals surface area contributed by atoms with Crippen LogP contribution in [0.15, 0.2) is 42.5 Å². The summed E-state index contributed by atoms with van der Waals surface area (Å²) in [7, 11) is -1.88. The Labute approximate surface area is 152 Å². The largest absolute Gasteiger partial charge is 0.378 e. The SMILES string of the molecule is CNCCOCCN1c2ccccc2N(c2c(F)cccc2F)S1(O)O. The van der Waals surface area contributed by atoms with E-state index in [2.05, 4.69) is 5.32 Å². The van der Waals surface area contributed by atoms with Gasteiger partial charge in [0.05, 0.1) is 31.1 Å². The number of hydrogen-bond donors (Lipinski definition) is 3. The maximum Gasteiger partial charge on any atom is 0.151 e. The van der Waals surface area contributed by atoms with E-state index in [9.17, 15) is 17.9 Å². The lowest BCUT2D eigenvalue weighted by Crippen LogP contribution is -2.34. The minimum absolute atomic E-state index is 0.162. The van der Waals surface area contributed by atoms with Gasteiger partial charge in [-0.05, 0) is 42.3 Å². The number of benzene rings is 2. The van der Waals surface area contributed by atoms with Crippen LogP contribution in [0, 0.1) is 11.6 Å². The molecule has 2 aromatic rings. The van der Waals surface area contributed by atoms with Gasteiger partial charge in [0, 0.05) is 6.54 Å². The molecule has 0 amide bonds. The van der Waals surface area contributed by atoms with Crippen molar-refractivity contribution in [3.63, 3.8) is 0 Å². The number of fused-ring (bicyclic) bond motifs is 1. The predicted octanol–water partition coefficient (Wildman–Crippen LogP) is 3.74. The molecule has 0 bridgehead atoms. The fourth-order valence-electron chi connectivity index (χ4n) is 2.80. The van der Waals surface area contributed by atoms with E-state index in [1.807, 2.05) is 0 Å². The van der Waals surface area contributed by atoms with Crippen LogP contribution in [0.3, 0.4) is 0 Å². The van der Waals surface area contributed by atoms with E-state index in [4.69, 9.17) is 4.74 Å². The van der Waals surface area contributed by atoms with Crippen molar-refractivity contribution in [2.45, 2.75) is 0 Å². The Balaban J connectivity index is 1.94. The highest BCUT2D eigenvalue weighted by Gasteiger charge is 2.43. The lowest BCUT2D eigenvalue weighted by Gasteiger charge is -2.43. The lowest BCUT2D eigenvalue weighted by atomic mass is 10.2. The molecule has 1 aliphatic rings. The monoisotopic (exact) mass is 385 g/mol. The zero-order valence-electron chi connectivity index (χ0n) is 14.2. The van der Waals surface area contributed by atoms with Gasteiger partial charge in [0.2, 0.25) is 0 Å². The summed E-state index contributed by atoms with van der Waals surface area (Å²) in [6.45, 7) is 1.53. The standard InChI is InChI=1S/C17H21F2N3O3S/c1-20-9-11-25-12-10-21-15-7-2-3-8-16(15)22(26(21,23)24)17-13(18)5-4-6-14(17)19/h2-8,20,23-24H,9-12H2,1H3. The molecule has 1 heterocycles. The highest BCUT2D eigenvalue weighted by Crippen LogP contribution is 2.64. The van der Waals surface area contributed by atoms with Crippen LogP contribution < -0.4 is 13.9 Å². The molecular weight excluding hydrogens is 364 g/mol. The maximum atomic E-state index is 14.3. The van der Waals surface area contributed by atoms with Crippen LogP contribution in [0.1, 0.15) is 0 Å². The van der Waals surface area contributed by atoms with Gasteiger partial charge in [-0.15, -0.1) is 0 Å². The summed E-state index contributed by atoms with van der Waals surface area (Å²) in [5.74, 6) is -1.74. The van der Waals surface area contributed by atoms with Crippen molar-refractivity contribution in [1.82, 2.24) is 5.32 Å². The average molecular weight is 385 g/mol. The molecule has 0 saturated carbocycles. The maximum absolute atomic E-state index is 14.3.